The van der Waals surface area contributed by atoms with E-state index in [-0.39, 0.29) is 17.9 Å². The Balaban J connectivity index is 2.78. The van der Waals surface area contributed by atoms with Gasteiger partial charge in [-0.25, -0.2) is 4.79 Å². The SMILES string of the molecule is CCC(C)C(NC(=O)C1CCCN1)C(=O)NC(CO)C(=O)NC(CO)C(=O)O. The summed E-state index contributed by atoms with van der Waals surface area (Å²) in [5, 5.41) is 37.4. The van der Waals surface area contributed by atoms with E-state index in [1.165, 1.54) is 0 Å². The second kappa shape index (κ2) is 11.6. The maximum atomic E-state index is 12.7. The molecule has 1 rings (SSSR count). The van der Waals surface area contributed by atoms with Crippen LogP contribution in [0.2, 0.25) is 0 Å². The standard InChI is InChI=1S/C17H30N4O7/c1-3-9(2)13(21-14(24)10-5-4-6-18-10)16(26)19-11(7-22)15(25)20-12(8-23)17(27)28/h9-13,18,22-23H,3-8H2,1-2H3,(H,19,26)(H,20,25)(H,21,24)(H,27,28). The molecule has 0 radical (unpaired) electrons. The molecule has 1 fully saturated rings. The highest BCUT2D eigenvalue weighted by Crippen LogP contribution is 2.11. The summed E-state index contributed by atoms with van der Waals surface area (Å²) < 4.78 is 0. The number of nitrogens with one attached hydrogen (secondary N) is 4. The van der Waals surface area contributed by atoms with Gasteiger partial charge in [-0.1, -0.05) is 20.3 Å². The predicted molar refractivity (Wildman–Crippen MR) is 98.1 cm³/mol. The summed E-state index contributed by atoms with van der Waals surface area (Å²) in [6.45, 7) is 2.72. The first-order chi connectivity index (χ1) is 13.2. The fourth-order valence-electron chi connectivity index (χ4n) is 2.78. The Morgan fingerprint density at radius 1 is 1.04 bits per heavy atom. The fraction of sp³-hybridized carbons (Fsp3) is 0.765. The summed E-state index contributed by atoms with van der Waals surface area (Å²) in [5.74, 6) is -3.62. The van der Waals surface area contributed by atoms with E-state index in [0.29, 0.717) is 12.8 Å². The third-order valence-electron chi connectivity index (χ3n) is 4.78. The molecule has 0 saturated carbocycles. The van der Waals surface area contributed by atoms with Gasteiger partial charge in [-0.3, -0.25) is 14.4 Å². The van der Waals surface area contributed by atoms with Crippen LogP contribution in [0.15, 0.2) is 0 Å². The molecular weight excluding hydrogens is 372 g/mol. The molecule has 1 aliphatic heterocycles. The fourth-order valence-corrected chi connectivity index (χ4v) is 2.78. The van der Waals surface area contributed by atoms with Crippen molar-refractivity contribution in [2.45, 2.75) is 57.3 Å². The van der Waals surface area contributed by atoms with Crippen LogP contribution in [0, 0.1) is 5.92 Å². The van der Waals surface area contributed by atoms with Crippen LogP contribution >= 0.6 is 0 Å². The zero-order valence-corrected chi connectivity index (χ0v) is 16.1. The van der Waals surface area contributed by atoms with E-state index in [1.54, 1.807) is 6.92 Å². The van der Waals surface area contributed by atoms with Crippen molar-refractivity contribution in [2.24, 2.45) is 5.92 Å². The van der Waals surface area contributed by atoms with E-state index in [2.05, 4.69) is 16.0 Å². The molecule has 0 aromatic rings. The largest absolute Gasteiger partial charge is 0.480 e. The average molecular weight is 402 g/mol. The van der Waals surface area contributed by atoms with Crippen molar-refractivity contribution >= 4 is 23.7 Å². The topological polar surface area (TPSA) is 177 Å². The van der Waals surface area contributed by atoms with Gasteiger partial charge in [0, 0.05) is 0 Å². The molecule has 5 atom stereocenters. The highest BCUT2D eigenvalue weighted by molar-refractivity contribution is 5.94. The lowest BCUT2D eigenvalue weighted by Gasteiger charge is -2.27. The van der Waals surface area contributed by atoms with E-state index in [0.717, 1.165) is 13.0 Å². The number of carboxylic acids is 1. The highest BCUT2D eigenvalue weighted by Gasteiger charge is 2.33. The second-order valence-electron chi connectivity index (χ2n) is 6.85. The highest BCUT2D eigenvalue weighted by atomic mass is 16.4. The smallest absolute Gasteiger partial charge is 0.328 e. The van der Waals surface area contributed by atoms with Gasteiger partial charge >= 0.3 is 5.97 Å². The summed E-state index contributed by atoms with van der Waals surface area (Å²) in [6, 6.07) is -4.28. The summed E-state index contributed by atoms with van der Waals surface area (Å²) >= 11 is 0. The number of aliphatic hydroxyl groups excluding tert-OH is 2. The molecule has 11 nitrogen and oxygen atoms in total. The zero-order valence-electron chi connectivity index (χ0n) is 16.1. The van der Waals surface area contributed by atoms with Gasteiger partial charge in [0.2, 0.25) is 17.7 Å². The minimum Gasteiger partial charge on any atom is -0.480 e. The summed E-state index contributed by atoms with van der Waals surface area (Å²) in [4.78, 5) is 48.0. The van der Waals surface area contributed by atoms with Gasteiger partial charge in [-0.2, -0.15) is 0 Å². The Labute approximate surface area is 163 Å². The van der Waals surface area contributed by atoms with Crippen LogP contribution in [-0.4, -0.2) is 82.9 Å². The molecule has 3 amide bonds. The molecule has 11 heteroatoms. The van der Waals surface area contributed by atoms with E-state index in [9.17, 15) is 24.3 Å². The van der Waals surface area contributed by atoms with Crippen molar-refractivity contribution < 1.29 is 34.5 Å². The number of carbonyl (C=O) groups excluding carboxylic acids is 3. The van der Waals surface area contributed by atoms with Gasteiger partial charge in [0.05, 0.1) is 19.3 Å². The number of hydrogen-bond acceptors (Lipinski definition) is 7. The first kappa shape index (κ1) is 23.8. The quantitative estimate of drug-likeness (QED) is 0.195. The third kappa shape index (κ3) is 6.73. The molecule has 28 heavy (non-hydrogen) atoms. The first-order valence-corrected chi connectivity index (χ1v) is 9.34. The number of hydrogen-bond donors (Lipinski definition) is 7. The van der Waals surface area contributed by atoms with Gasteiger partial charge in [-0.05, 0) is 25.3 Å². The van der Waals surface area contributed by atoms with Gasteiger partial charge in [0.25, 0.3) is 0 Å². The normalized spacial score (nSPS) is 20.5. The molecule has 0 aliphatic carbocycles. The minimum absolute atomic E-state index is 0.239. The third-order valence-corrected chi connectivity index (χ3v) is 4.78. The number of rotatable bonds is 11. The van der Waals surface area contributed by atoms with Crippen LogP contribution in [0.1, 0.15) is 33.1 Å². The molecule has 5 unspecified atom stereocenters. The lowest BCUT2D eigenvalue weighted by Crippen LogP contribution is -2.59. The van der Waals surface area contributed by atoms with Crippen molar-refractivity contribution in [1.29, 1.82) is 0 Å². The van der Waals surface area contributed by atoms with Crippen LogP contribution in [0.4, 0.5) is 0 Å². The monoisotopic (exact) mass is 402 g/mol. The Hall–Kier alpha value is -2.24. The van der Waals surface area contributed by atoms with E-state index in [4.69, 9.17) is 10.2 Å². The van der Waals surface area contributed by atoms with E-state index >= 15 is 0 Å². The van der Waals surface area contributed by atoms with Gasteiger partial charge in [0.15, 0.2) is 0 Å². The lowest BCUT2D eigenvalue weighted by molar-refractivity contribution is -0.143. The van der Waals surface area contributed by atoms with Gasteiger partial charge in [0.1, 0.15) is 18.1 Å². The van der Waals surface area contributed by atoms with Crippen LogP contribution in [-0.2, 0) is 19.2 Å². The molecule has 160 valence electrons. The summed E-state index contributed by atoms with van der Waals surface area (Å²) in [6.07, 6.45) is 2.11. The number of aliphatic hydroxyl groups is 2. The van der Waals surface area contributed by atoms with Crippen LogP contribution in [0.25, 0.3) is 0 Å². The van der Waals surface area contributed by atoms with Crippen molar-refractivity contribution in [3.8, 4) is 0 Å². The number of aliphatic carboxylic acids is 1. The van der Waals surface area contributed by atoms with Crippen LogP contribution in [0.3, 0.4) is 0 Å². The Kier molecular flexibility index (Phi) is 9.83. The molecule has 7 N–H and O–H groups in total. The molecule has 0 aromatic heterocycles. The zero-order chi connectivity index (χ0) is 21.3. The van der Waals surface area contributed by atoms with Crippen LogP contribution in [0.5, 0.6) is 0 Å². The molecule has 1 heterocycles. The molecule has 0 aromatic carbocycles. The first-order valence-electron chi connectivity index (χ1n) is 9.34. The number of carboxylic acid groups (broad SMARTS) is 1. The number of amides is 3. The molecular formula is C17H30N4O7. The Morgan fingerprint density at radius 2 is 1.64 bits per heavy atom. The maximum Gasteiger partial charge on any atom is 0.328 e. The Bertz CT molecular complexity index is 566. The predicted octanol–water partition coefficient (Wildman–Crippen LogP) is -2.69. The maximum absolute atomic E-state index is 12.7. The van der Waals surface area contributed by atoms with E-state index < -0.39 is 49.1 Å². The molecule has 0 bridgehead atoms. The molecule has 1 saturated heterocycles. The second-order valence-corrected chi connectivity index (χ2v) is 6.85. The van der Waals surface area contributed by atoms with Gasteiger partial charge < -0.3 is 36.6 Å². The van der Waals surface area contributed by atoms with Gasteiger partial charge in [-0.15, -0.1) is 0 Å². The summed E-state index contributed by atoms with van der Waals surface area (Å²) in [7, 11) is 0. The lowest BCUT2D eigenvalue weighted by atomic mass is 9.97. The Morgan fingerprint density at radius 3 is 2.11 bits per heavy atom. The molecule has 1 aliphatic rings. The van der Waals surface area contributed by atoms with E-state index in [1.807, 2.05) is 12.2 Å². The average Bonchev–Trinajstić information content (AvgIpc) is 3.21. The van der Waals surface area contributed by atoms with Crippen molar-refractivity contribution in [1.82, 2.24) is 21.3 Å². The molecule has 0 spiro atoms. The van der Waals surface area contributed by atoms with Crippen molar-refractivity contribution in [3.05, 3.63) is 0 Å². The van der Waals surface area contributed by atoms with Crippen molar-refractivity contribution in [3.63, 3.8) is 0 Å². The van der Waals surface area contributed by atoms with Crippen molar-refractivity contribution in [2.75, 3.05) is 19.8 Å². The summed E-state index contributed by atoms with van der Waals surface area (Å²) in [5.41, 5.74) is 0. The minimum atomic E-state index is -1.56. The number of carbonyl (C=O) groups is 4. The van der Waals surface area contributed by atoms with Crippen LogP contribution < -0.4 is 21.3 Å².